The van der Waals surface area contributed by atoms with Crippen LogP contribution in [0.1, 0.15) is 23.7 Å². The van der Waals surface area contributed by atoms with E-state index < -0.39 is 11.9 Å². The molecule has 3 amide bonds. The van der Waals surface area contributed by atoms with Gasteiger partial charge in [0.05, 0.1) is 10.6 Å². The fraction of sp³-hybridized carbons (Fsp3) is 0.438. The predicted molar refractivity (Wildman–Crippen MR) is 102 cm³/mol. The summed E-state index contributed by atoms with van der Waals surface area (Å²) in [5, 5.41) is 8.63. The first kappa shape index (κ1) is 21.6. The van der Waals surface area contributed by atoms with Gasteiger partial charge in [-0.2, -0.15) is 11.8 Å². The van der Waals surface area contributed by atoms with Gasteiger partial charge in [0.2, 0.25) is 11.8 Å². The molecule has 1 rings (SSSR count). The van der Waals surface area contributed by atoms with Crippen LogP contribution in [-0.2, 0) is 9.59 Å². The molecule has 1 aromatic rings. The third-order valence-electron chi connectivity index (χ3n) is 3.21. The summed E-state index contributed by atoms with van der Waals surface area (Å²) in [5.41, 5.74) is 0.256. The topological polar surface area (TPSA) is 87.3 Å². The van der Waals surface area contributed by atoms with Crippen LogP contribution in [0.3, 0.4) is 0 Å². The van der Waals surface area contributed by atoms with Crippen LogP contribution in [0.4, 0.5) is 0 Å². The van der Waals surface area contributed by atoms with E-state index in [0.717, 1.165) is 0 Å². The number of carbonyl (C=O) groups excluding carboxylic acids is 3. The maximum Gasteiger partial charge on any atom is 0.253 e. The van der Waals surface area contributed by atoms with Crippen molar-refractivity contribution in [1.82, 2.24) is 16.0 Å². The first-order valence-electron chi connectivity index (χ1n) is 7.62. The summed E-state index contributed by atoms with van der Waals surface area (Å²) >= 11 is 13.4. The quantitative estimate of drug-likeness (QED) is 0.548. The molecule has 1 unspecified atom stereocenters. The van der Waals surface area contributed by atoms with E-state index in [1.807, 2.05) is 6.26 Å². The Balaban J connectivity index is 2.68. The number of thioether (sulfide) groups is 1. The van der Waals surface area contributed by atoms with E-state index >= 15 is 0 Å². The SMILES string of the molecule is CSCCC(NC(=O)c1ccc(Cl)cc1Cl)C(=O)NCCNC(C)=O. The summed E-state index contributed by atoms with van der Waals surface area (Å²) in [6.45, 7) is 2.01. The molecule has 0 aliphatic carbocycles. The molecule has 0 aliphatic heterocycles. The first-order valence-corrected chi connectivity index (χ1v) is 9.77. The average molecular weight is 406 g/mol. The van der Waals surface area contributed by atoms with Gasteiger partial charge in [0.1, 0.15) is 6.04 Å². The number of benzene rings is 1. The van der Waals surface area contributed by atoms with E-state index in [9.17, 15) is 14.4 Å². The van der Waals surface area contributed by atoms with E-state index in [1.54, 1.807) is 17.8 Å². The minimum absolute atomic E-state index is 0.168. The molecule has 0 spiro atoms. The highest BCUT2D eigenvalue weighted by Gasteiger charge is 2.22. The van der Waals surface area contributed by atoms with Crippen molar-refractivity contribution >= 4 is 52.7 Å². The highest BCUT2D eigenvalue weighted by molar-refractivity contribution is 7.98. The second-order valence-corrected chi connectivity index (χ2v) is 7.03. The lowest BCUT2D eigenvalue weighted by molar-refractivity contribution is -0.123. The molecule has 6 nitrogen and oxygen atoms in total. The molecule has 0 fully saturated rings. The zero-order valence-electron chi connectivity index (χ0n) is 14.0. The van der Waals surface area contributed by atoms with E-state index in [0.29, 0.717) is 23.7 Å². The molecular weight excluding hydrogens is 385 g/mol. The van der Waals surface area contributed by atoms with Gasteiger partial charge in [-0.1, -0.05) is 23.2 Å². The Morgan fingerprint density at radius 2 is 1.84 bits per heavy atom. The third kappa shape index (κ3) is 7.98. The number of carbonyl (C=O) groups is 3. The molecule has 25 heavy (non-hydrogen) atoms. The van der Waals surface area contributed by atoms with Crippen molar-refractivity contribution in [3.63, 3.8) is 0 Å². The largest absolute Gasteiger partial charge is 0.355 e. The molecule has 1 aromatic carbocycles. The fourth-order valence-corrected chi connectivity index (χ4v) is 2.93. The smallest absolute Gasteiger partial charge is 0.253 e. The number of rotatable bonds is 9. The van der Waals surface area contributed by atoms with E-state index in [1.165, 1.54) is 19.1 Å². The van der Waals surface area contributed by atoms with Crippen molar-refractivity contribution in [2.45, 2.75) is 19.4 Å². The number of halogens is 2. The second-order valence-electron chi connectivity index (χ2n) is 5.21. The highest BCUT2D eigenvalue weighted by atomic mass is 35.5. The minimum Gasteiger partial charge on any atom is -0.355 e. The standard InChI is InChI=1S/C16H21Cl2N3O3S/c1-10(22)19-6-7-20-16(24)14(5-8-25-2)21-15(23)12-4-3-11(17)9-13(12)18/h3-4,9,14H,5-8H2,1-2H3,(H,19,22)(H,20,24)(H,21,23). The fourth-order valence-electron chi connectivity index (χ4n) is 1.96. The maximum atomic E-state index is 12.4. The number of hydrogen-bond acceptors (Lipinski definition) is 4. The lowest BCUT2D eigenvalue weighted by atomic mass is 10.1. The van der Waals surface area contributed by atoms with Crippen LogP contribution in [0.2, 0.25) is 10.0 Å². The first-order chi connectivity index (χ1) is 11.8. The Labute approximate surface area is 161 Å². The molecule has 3 N–H and O–H groups in total. The van der Waals surface area contributed by atoms with Crippen molar-refractivity contribution in [3.8, 4) is 0 Å². The van der Waals surface area contributed by atoms with Gasteiger partial charge >= 0.3 is 0 Å². The average Bonchev–Trinajstić information content (AvgIpc) is 2.54. The zero-order valence-corrected chi connectivity index (χ0v) is 16.4. The molecule has 9 heteroatoms. The molecule has 138 valence electrons. The summed E-state index contributed by atoms with van der Waals surface area (Å²) in [5.74, 6) is -0.209. The lowest BCUT2D eigenvalue weighted by Crippen LogP contribution is -2.48. The lowest BCUT2D eigenvalue weighted by Gasteiger charge is -2.18. The second kappa shape index (κ2) is 11.2. The molecule has 1 atom stereocenters. The molecule has 0 saturated carbocycles. The Bertz CT molecular complexity index is 629. The van der Waals surface area contributed by atoms with E-state index in [2.05, 4.69) is 16.0 Å². The third-order valence-corrected chi connectivity index (χ3v) is 4.40. The highest BCUT2D eigenvalue weighted by Crippen LogP contribution is 2.21. The number of amides is 3. The van der Waals surface area contributed by atoms with Crippen molar-refractivity contribution in [2.75, 3.05) is 25.1 Å². The number of hydrogen-bond donors (Lipinski definition) is 3. The van der Waals surface area contributed by atoms with Gasteiger partial charge in [0, 0.05) is 25.0 Å². The molecular formula is C16H21Cl2N3O3S. The Kier molecular flexibility index (Phi) is 9.70. The predicted octanol–water partition coefficient (Wildman–Crippen LogP) is 2.10. The Morgan fingerprint density at radius 1 is 1.16 bits per heavy atom. The minimum atomic E-state index is -0.691. The molecule has 0 saturated heterocycles. The molecule has 0 radical (unpaired) electrons. The van der Waals surface area contributed by atoms with Gasteiger partial charge < -0.3 is 16.0 Å². The summed E-state index contributed by atoms with van der Waals surface area (Å²) in [6.07, 6.45) is 2.40. The Hall–Kier alpha value is -1.44. The van der Waals surface area contributed by atoms with Crippen molar-refractivity contribution in [1.29, 1.82) is 0 Å². The monoisotopic (exact) mass is 405 g/mol. The normalized spacial score (nSPS) is 11.5. The van der Waals surface area contributed by atoms with Crippen molar-refractivity contribution in [3.05, 3.63) is 33.8 Å². The molecule has 0 aromatic heterocycles. The molecule has 0 aliphatic rings. The van der Waals surface area contributed by atoms with Gasteiger partial charge in [0.15, 0.2) is 0 Å². The summed E-state index contributed by atoms with van der Waals surface area (Å²) in [4.78, 5) is 35.5. The van der Waals surface area contributed by atoms with Crippen LogP contribution < -0.4 is 16.0 Å². The van der Waals surface area contributed by atoms with Crippen LogP contribution in [0.5, 0.6) is 0 Å². The van der Waals surface area contributed by atoms with Crippen molar-refractivity contribution < 1.29 is 14.4 Å². The van der Waals surface area contributed by atoms with Gasteiger partial charge in [0.25, 0.3) is 5.91 Å². The van der Waals surface area contributed by atoms with Crippen LogP contribution in [-0.4, -0.2) is 48.9 Å². The molecule has 0 bridgehead atoms. The van der Waals surface area contributed by atoms with Crippen LogP contribution in [0, 0.1) is 0 Å². The van der Waals surface area contributed by atoms with Crippen molar-refractivity contribution in [2.24, 2.45) is 0 Å². The Morgan fingerprint density at radius 3 is 2.44 bits per heavy atom. The summed E-state index contributed by atoms with van der Waals surface area (Å²) in [6, 6.07) is 3.86. The zero-order chi connectivity index (χ0) is 18.8. The van der Waals surface area contributed by atoms with E-state index in [4.69, 9.17) is 23.2 Å². The van der Waals surface area contributed by atoms with Gasteiger partial charge in [-0.15, -0.1) is 0 Å². The molecule has 0 heterocycles. The van der Waals surface area contributed by atoms with Crippen LogP contribution >= 0.6 is 35.0 Å². The summed E-state index contributed by atoms with van der Waals surface area (Å²) in [7, 11) is 0. The van der Waals surface area contributed by atoms with Gasteiger partial charge in [-0.3, -0.25) is 14.4 Å². The van der Waals surface area contributed by atoms with Crippen LogP contribution in [0.25, 0.3) is 0 Å². The van der Waals surface area contributed by atoms with Gasteiger partial charge in [-0.25, -0.2) is 0 Å². The number of nitrogens with one attached hydrogen (secondary N) is 3. The summed E-state index contributed by atoms with van der Waals surface area (Å²) < 4.78 is 0. The maximum absolute atomic E-state index is 12.4. The van der Waals surface area contributed by atoms with E-state index in [-0.39, 0.29) is 28.9 Å². The van der Waals surface area contributed by atoms with Crippen LogP contribution in [0.15, 0.2) is 18.2 Å². The van der Waals surface area contributed by atoms with Gasteiger partial charge in [-0.05, 0) is 36.6 Å².